The van der Waals surface area contributed by atoms with Crippen LogP contribution in [0.3, 0.4) is 0 Å². The molecule has 0 bridgehead atoms. The Labute approximate surface area is 215 Å². The van der Waals surface area contributed by atoms with E-state index in [4.69, 9.17) is 9.84 Å². The average molecular weight is 519 g/mol. The van der Waals surface area contributed by atoms with E-state index in [1.54, 1.807) is 43.9 Å². The third-order valence-corrected chi connectivity index (χ3v) is 5.85. The molecule has 37 heavy (non-hydrogen) atoms. The lowest BCUT2D eigenvalue weighted by Crippen LogP contribution is -2.48. The number of anilines is 1. The van der Waals surface area contributed by atoms with Crippen molar-refractivity contribution in [3.63, 3.8) is 0 Å². The van der Waals surface area contributed by atoms with Crippen LogP contribution in [0.2, 0.25) is 0 Å². The van der Waals surface area contributed by atoms with Crippen molar-refractivity contribution in [3.05, 3.63) is 70.3 Å². The van der Waals surface area contributed by atoms with E-state index >= 15 is 8.78 Å². The molecular formula is C28H33F3N2O4. The van der Waals surface area contributed by atoms with Crippen LogP contribution in [0.5, 0.6) is 0 Å². The molecule has 0 aliphatic carbocycles. The average Bonchev–Trinajstić information content (AvgIpc) is 2.71. The first kappa shape index (κ1) is 28.2. The SMILES string of the molecule is CC1Cc2cc(NC(=O)OC(C)(C)C)ccc2C(c2c(F)cc(/C=C/C(=O)O)cc2F)N1CC(C)(C)F. The number of nitrogens with one attached hydrogen (secondary N) is 1. The number of halogens is 3. The minimum atomic E-state index is -1.64. The molecule has 0 fully saturated rings. The minimum Gasteiger partial charge on any atom is -0.478 e. The zero-order chi connectivity index (χ0) is 27.7. The van der Waals surface area contributed by atoms with Crippen LogP contribution in [0.1, 0.15) is 69.8 Å². The molecule has 1 aliphatic heterocycles. The van der Waals surface area contributed by atoms with Crippen molar-refractivity contribution in [2.45, 2.75) is 71.3 Å². The smallest absolute Gasteiger partial charge is 0.412 e. The second-order valence-electron chi connectivity index (χ2n) is 11.0. The molecular weight excluding hydrogens is 485 g/mol. The Morgan fingerprint density at radius 1 is 1.14 bits per heavy atom. The normalized spacial score (nSPS) is 18.5. The van der Waals surface area contributed by atoms with Gasteiger partial charge < -0.3 is 9.84 Å². The first-order valence-electron chi connectivity index (χ1n) is 12.0. The van der Waals surface area contributed by atoms with E-state index < -0.39 is 41.0 Å². The lowest BCUT2D eigenvalue weighted by Gasteiger charge is -2.44. The number of nitrogens with zero attached hydrogens (tertiary/aromatic N) is 1. The Morgan fingerprint density at radius 3 is 2.30 bits per heavy atom. The molecule has 0 radical (unpaired) electrons. The van der Waals surface area contributed by atoms with E-state index in [2.05, 4.69) is 5.32 Å². The second kappa shape index (κ2) is 10.6. The largest absolute Gasteiger partial charge is 0.478 e. The van der Waals surface area contributed by atoms with Gasteiger partial charge in [0, 0.05) is 29.9 Å². The summed E-state index contributed by atoms with van der Waals surface area (Å²) in [6.45, 7) is 9.85. The molecule has 0 spiro atoms. The zero-order valence-electron chi connectivity index (χ0n) is 21.9. The first-order valence-corrected chi connectivity index (χ1v) is 12.0. The fourth-order valence-corrected chi connectivity index (χ4v) is 4.55. The highest BCUT2D eigenvalue weighted by molar-refractivity contribution is 5.85. The van der Waals surface area contributed by atoms with Gasteiger partial charge in [0.1, 0.15) is 22.9 Å². The summed E-state index contributed by atoms with van der Waals surface area (Å²) in [7, 11) is 0. The third-order valence-electron chi connectivity index (χ3n) is 5.85. The Bertz CT molecular complexity index is 1190. The number of aliphatic carboxylic acids is 1. The van der Waals surface area contributed by atoms with Crippen LogP contribution in [0.15, 0.2) is 36.4 Å². The van der Waals surface area contributed by atoms with Gasteiger partial charge in [0.2, 0.25) is 0 Å². The maximum Gasteiger partial charge on any atom is 0.412 e. The number of carbonyl (C=O) groups excluding carboxylic acids is 1. The van der Waals surface area contributed by atoms with E-state index in [9.17, 15) is 14.0 Å². The second-order valence-corrected chi connectivity index (χ2v) is 11.0. The zero-order valence-corrected chi connectivity index (χ0v) is 21.9. The molecule has 2 N–H and O–H groups in total. The fourth-order valence-electron chi connectivity index (χ4n) is 4.55. The number of rotatable bonds is 6. The summed E-state index contributed by atoms with van der Waals surface area (Å²) in [5.41, 5.74) is -0.709. The molecule has 1 amide bonds. The van der Waals surface area contributed by atoms with Crippen LogP contribution in [0.25, 0.3) is 6.08 Å². The van der Waals surface area contributed by atoms with Crippen molar-refractivity contribution in [1.29, 1.82) is 0 Å². The van der Waals surface area contributed by atoms with Crippen molar-refractivity contribution in [1.82, 2.24) is 4.90 Å². The fraction of sp³-hybridized carbons (Fsp3) is 0.429. The van der Waals surface area contributed by atoms with Crippen LogP contribution >= 0.6 is 0 Å². The molecule has 200 valence electrons. The van der Waals surface area contributed by atoms with Crippen LogP contribution in [0, 0.1) is 11.6 Å². The Morgan fingerprint density at radius 2 is 1.76 bits per heavy atom. The van der Waals surface area contributed by atoms with E-state index in [1.807, 2.05) is 6.92 Å². The topological polar surface area (TPSA) is 78.9 Å². The van der Waals surface area contributed by atoms with Gasteiger partial charge in [-0.3, -0.25) is 10.2 Å². The molecule has 2 aromatic carbocycles. The first-order chi connectivity index (χ1) is 17.0. The number of amides is 1. The molecule has 6 nitrogen and oxygen atoms in total. The van der Waals surface area contributed by atoms with Crippen molar-refractivity contribution in [2.24, 2.45) is 0 Å². The summed E-state index contributed by atoms with van der Waals surface area (Å²) in [6.07, 6.45) is 1.74. The number of hydrogen-bond acceptors (Lipinski definition) is 4. The van der Waals surface area contributed by atoms with E-state index in [-0.39, 0.29) is 23.7 Å². The molecule has 2 unspecified atom stereocenters. The number of benzene rings is 2. The summed E-state index contributed by atoms with van der Waals surface area (Å²) in [6, 6.07) is 5.93. The van der Waals surface area contributed by atoms with Gasteiger partial charge in [-0.25, -0.2) is 22.8 Å². The maximum absolute atomic E-state index is 15.4. The Balaban J connectivity index is 2.09. The summed E-state index contributed by atoms with van der Waals surface area (Å²) >= 11 is 0. The van der Waals surface area contributed by atoms with Crippen LogP contribution in [-0.4, -0.2) is 45.9 Å². The van der Waals surface area contributed by atoms with Crippen LogP contribution < -0.4 is 5.32 Å². The van der Waals surface area contributed by atoms with Gasteiger partial charge in [-0.05, 0) is 95.0 Å². The number of hydrogen-bond donors (Lipinski definition) is 2. The summed E-state index contributed by atoms with van der Waals surface area (Å²) in [5.74, 6) is -2.98. The van der Waals surface area contributed by atoms with Gasteiger partial charge in [0.25, 0.3) is 0 Å². The van der Waals surface area contributed by atoms with Gasteiger partial charge in [-0.1, -0.05) is 6.07 Å². The van der Waals surface area contributed by atoms with Crippen molar-refractivity contribution in [3.8, 4) is 0 Å². The van der Waals surface area contributed by atoms with Gasteiger partial charge in [-0.15, -0.1) is 0 Å². The predicted molar refractivity (Wildman–Crippen MR) is 136 cm³/mol. The summed E-state index contributed by atoms with van der Waals surface area (Å²) in [4.78, 5) is 24.8. The highest BCUT2D eigenvalue weighted by Gasteiger charge is 2.39. The molecule has 2 atom stereocenters. The highest BCUT2D eigenvalue weighted by atomic mass is 19.1. The third kappa shape index (κ3) is 7.35. The van der Waals surface area contributed by atoms with Crippen molar-refractivity contribution < 1.29 is 32.6 Å². The number of carbonyl (C=O) groups is 2. The number of carboxylic acids is 1. The lowest BCUT2D eigenvalue weighted by atomic mass is 9.83. The van der Waals surface area contributed by atoms with E-state index in [0.29, 0.717) is 17.7 Å². The summed E-state index contributed by atoms with van der Waals surface area (Å²) in [5, 5.41) is 11.5. The van der Waals surface area contributed by atoms with Gasteiger partial charge in [-0.2, -0.15) is 0 Å². The van der Waals surface area contributed by atoms with Crippen molar-refractivity contribution >= 4 is 23.8 Å². The molecule has 0 saturated heterocycles. The maximum atomic E-state index is 15.4. The van der Waals surface area contributed by atoms with Crippen LogP contribution in [-0.2, 0) is 16.0 Å². The van der Waals surface area contributed by atoms with Gasteiger partial charge in [0.05, 0.1) is 6.04 Å². The highest BCUT2D eigenvalue weighted by Crippen LogP contribution is 2.42. The van der Waals surface area contributed by atoms with Crippen LogP contribution in [0.4, 0.5) is 23.7 Å². The van der Waals surface area contributed by atoms with Gasteiger partial charge in [0.15, 0.2) is 0 Å². The van der Waals surface area contributed by atoms with Crippen molar-refractivity contribution in [2.75, 3.05) is 11.9 Å². The summed E-state index contributed by atoms with van der Waals surface area (Å²) < 4.78 is 51.0. The molecule has 9 heteroatoms. The van der Waals surface area contributed by atoms with E-state index in [1.165, 1.54) is 13.8 Å². The standard InChI is InChI=1S/C28H33F3N2O4/c1-16-11-18-14-19(32-26(36)37-27(2,3)4)8-9-20(18)25(33(16)15-28(5,6)31)24-21(29)12-17(13-22(24)30)7-10-23(34)35/h7-10,12-14,16,25H,11,15H2,1-6H3,(H,32,36)(H,34,35)/b10-7+. The van der Waals surface area contributed by atoms with Gasteiger partial charge >= 0.3 is 12.1 Å². The monoisotopic (exact) mass is 518 g/mol. The number of carboxylic acid groups (broad SMARTS) is 1. The molecule has 1 heterocycles. The quantitative estimate of drug-likeness (QED) is 0.427. The number of fused-ring (bicyclic) bond motifs is 1. The molecule has 0 aromatic heterocycles. The Kier molecular flexibility index (Phi) is 8.07. The predicted octanol–water partition coefficient (Wildman–Crippen LogP) is 6.49. The van der Waals surface area contributed by atoms with E-state index in [0.717, 1.165) is 29.8 Å². The Hall–Kier alpha value is -3.33. The molecule has 1 aliphatic rings. The lowest BCUT2D eigenvalue weighted by molar-refractivity contribution is -0.131. The minimum absolute atomic E-state index is 0.0551. The molecule has 0 saturated carbocycles. The number of ether oxygens (including phenoxy) is 1. The molecule has 3 rings (SSSR count). The number of alkyl halides is 1. The molecule has 2 aromatic rings.